The van der Waals surface area contributed by atoms with Crippen molar-refractivity contribution >= 4 is 17.6 Å². The SMILES string of the molecule is CC(F)(F)c1ccc(CN2C(=O)CN(c3ncc(C#N)cc3F)C(=O)C2C2COC2)cc1. The average molecular weight is 444 g/mol. The molecule has 0 bridgehead atoms. The van der Waals surface area contributed by atoms with Gasteiger partial charge in [-0.25, -0.2) is 18.2 Å². The average Bonchev–Trinajstić information content (AvgIpc) is 2.71. The molecule has 0 spiro atoms. The first-order chi connectivity index (χ1) is 15.2. The Hall–Kier alpha value is -3.45. The molecule has 2 aliphatic heterocycles. The number of piperazine rings is 1. The lowest BCUT2D eigenvalue weighted by Crippen LogP contribution is -2.65. The topological polar surface area (TPSA) is 86.5 Å². The summed E-state index contributed by atoms with van der Waals surface area (Å²) >= 11 is 0. The molecular formula is C22H19F3N4O3. The van der Waals surface area contributed by atoms with Gasteiger partial charge in [-0.2, -0.15) is 5.26 Å². The number of ether oxygens (including phenoxy) is 1. The van der Waals surface area contributed by atoms with Crippen molar-refractivity contribution < 1.29 is 27.5 Å². The van der Waals surface area contributed by atoms with Crippen LogP contribution in [0.25, 0.3) is 0 Å². The Balaban J connectivity index is 1.61. The van der Waals surface area contributed by atoms with E-state index in [2.05, 4.69) is 4.98 Å². The normalized spacial score (nSPS) is 19.7. The van der Waals surface area contributed by atoms with E-state index < -0.39 is 36.1 Å². The number of anilines is 1. The first-order valence-corrected chi connectivity index (χ1v) is 9.90. The van der Waals surface area contributed by atoms with E-state index >= 15 is 0 Å². The van der Waals surface area contributed by atoms with Crippen LogP contribution in [0.4, 0.5) is 19.0 Å². The largest absolute Gasteiger partial charge is 0.380 e. The molecule has 166 valence electrons. The standard InChI is InChI=1S/C22H19F3N4O3/c1-22(24,25)16-4-2-13(3-5-16)9-28-18(30)10-29(21(31)19(28)15-11-32-12-15)20-17(23)6-14(7-26)8-27-20/h2-6,8,15,19H,9-12H2,1H3. The maximum absolute atomic E-state index is 14.5. The van der Waals surface area contributed by atoms with Gasteiger partial charge in [0, 0.05) is 31.1 Å². The first kappa shape index (κ1) is 21.8. The van der Waals surface area contributed by atoms with Crippen LogP contribution in [0.2, 0.25) is 0 Å². The van der Waals surface area contributed by atoms with E-state index in [0.29, 0.717) is 5.56 Å². The Labute approximate surface area is 182 Å². The van der Waals surface area contributed by atoms with Gasteiger partial charge in [0.1, 0.15) is 18.7 Å². The lowest BCUT2D eigenvalue weighted by molar-refractivity contribution is -0.155. The van der Waals surface area contributed by atoms with Gasteiger partial charge in [0.05, 0.1) is 18.8 Å². The van der Waals surface area contributed by atoms with Crippen molar-refractivity contribution in [1.82, 2.24) is 9.88 Å². The van der Waals surface area contributed by atoms with Crippen LogP contribution in [-0.2, 0) is 26.8 Å². The van der Waals surface area contributed by atoms with Gasteiger partial charge in [0.2, 0.25) is 5.91 Å². The summed E-state index contributed by atoms with van der Waals surface area (Å²) < 4.78 is 46.7. The molecule has 2 amide bonds. The number of aromatic nitrogens is 1. The maximum Gasteiger partial charge on any atom is 0.270 e. The first-order valence-electron chi connectivity index (χ1n) is 9.90. The molecule has 7 nitrogen and oxygen atoms in total. The molecule has 1 unspecified atom stereocenters. The van der Waals surface area contributed by atoms with Crippen LogP contribution >= 0.6 is 0 Å². The Kier molecular flexibility index (Phi) is 5.60. The highest BCUT2D eigenvalue weighted by atomic mass is 19.3. The van der Waals surface area contributed by atoms with Crippen LogP contribution in [-0.4, -0.2) is 47.5 Å². The Bertz CT molecular complexity index is 1090. The van der Waals surface area contributed by atoms with E-state index in [-0.39, 0.29) is 42.6 Å². The summed E-state index contributed by atoms with van der Waals surface area (Å²) in [7, 11) is 0. The lowest BCUT2D eigenvalue weighted by atomic mass is 9.92. The molecular weight excluding hydrogens is 425 g/mol. The van der Waals surface area contributed by atoms with Crippen molar-refractivity contribution in [3.05, 3.63) is 59.0 Å². The molecule has 1 aromatic carbocycles. The summed E-state index contributed by atoms with van der Waals surface area (Å²) in [5, 5.41) is 8.89. The highest BCUT2D eigenvalue weighted by Gasteiger charge is 2.47. The van der Waals surface area contributed by atoms with Crippen LogP contribution in [0.15, 0.2) is 36.5 Å². The number of alkyl halides is 2. The van der Waals surface area contributed by atoms with E-state index in [0.717, 1.165) is 24.1 Å². The third-order valence-electron chi connectivity index (χ3n) is 5.60. The number of rotatable bonds is 5. The number of nitriles is 1. The van der Waals surface area contributed by atoms with E-state index in [1.807, 2.05) is 0 Å². The second kappa shape index (κ2) is 8.24. The molecule has 0 radical (unpaired) electrons. The van der Waals surface area contributed by atoms with E-state index in [1.54, 1.807) is 6.07 Å². The maximum atomic E-state index is 14.5. The summed E-state index contributed by atoms with van der Waals surface area (Å²) in [5.41, 5.74) is 0.425. The second-order valence-electron chi connectivity index (χ2n) is 7.91. The summed E-state index contributed by atoms with van der Waals surface area (Å²) in [4.78, 5) is 32.6. The predicted octanol–water partition coefficient (Wildman–Crippen LogP) is 2.59. The van der Waals surface area contributed by atoms with Gasteiger partial charge in [-0.05, 0) is 11.6 Å². The second-order valence-corrected chi connectivity index (χ2v) is 7.91. The minimum Gasteiger partial charge on any atom is -0.380 e. The zero-order valence-electron chi connectivity index (χ0n) is 17.1. The van der Waals surface area contributed by atoms with Crippen LogP contribution in [0.3, 0.4) is 0 Å². The van der Waals surface area contributed by atoms with Crippen LogP contribution < -0.4 is 4.90 Å². The Morgan fingerprint density at radius 1 is 1.25 bits per heavy atom. The van der Waals surface area contributed by atoms with Gasteiger partial charge < -0.3 is 9.64 Å². The number of halogens is 3. The summed E-state index contributed by atoms with van der Waals surface area (Å²) in [5.74, 6) is -5.40. The molecule has 4 rings (SSSR count). The minimum atomic E-state index is -2.99. The highest BCUT2D eigenvalue weighted by Crippen LogP contribution is 2.31. The smallest absolute Gasteiger partial charge is 0.270 e. The fourth-order valence-electron chi connectivity index (χ4n) is 3.80. The Morgan fingerprint density at radius 3 is 2.47 bits per heavy atom. The summed E-state index contributed by atoms with van der Waals surface area (Å²) in [6, 6.07) is 7.38. The van der Waals surface area contributed by atoms with E-state index in [9.17, 15) is 22.8 Å². The van der Waals surface area contributed by atoms with Crippen LogP contribution in [0.1, 0.15) is 23.6 Å². The number of nitrogens with zero attached hydrogens (tertiary/aromatic N) is 4. The lowest BCUT2D eigenvalue weighted by Gasteiger charge is -2.45. The van der Waals surface area contributed by atoms with Gasteiger partial charge in [-0.1, -0.05) is 24.3 Å². The fraction of sp³-hybridized carbons (Fsp3) is 0.364. The molecule has 0 N–H and O–H groups in total. The molecule has 0 saturated carbocycles. The number of benzene rings is 1. The molecule has 10 heteroatoms. The van der Waals surface area contributed by atoms with E-state index in [1.165, 1.54) is 29.2 Å². The minimum absolute atomic E-state index is 0.00583. The molecule has 2 aliphatic rings. The number of amides is 2. The van der Waals surface area contributed by atoms with Gasteiger partial charge in [-0.3, -0.25) is 14.5 Å². The van der Waals surface area contributed by atoms with E-state index in [4.69, 9.17) is 10.00 Å². The Morgan fingerprint density at radius 2 is 1.94 bits per heavy atom. The molecule has 2 saturated heterocycles. The monoisotopic (exact) mass is 444 g/mol. The zero-order chi connectivity index (χ0) is 23.0. The van der Waals surface area contributed by atoms with Gasteiger partial charge in [0.25, 0.3) is 11.8 Å². The third-order valence-corrected chi connectivity index (χ3v) is 5.60. The van der Waals surface area contributed by atoms with Crippen molar-refractivity contribution in [3.63, 3.8) is 0 Å². The molecule has 0 aliphatic carbocycles. The molecule has 32 heavy (non-hydrogen) atoms. The van der Waals surface area contributed by atoms with Crippen molar-refractivity contribution in [1.29, 1.82) is 5.26 Å². The van der Waals surface area contributed by atoms with Gasteiger partial charge in [-0.15, -0.1) is 0 Å². The van der Waals surface area contributed by atoms with Crippen LogP contribution in [0, 0.1) is 23.1 Å². The molecule has 2 fully saturated rings. The number of hydrogen-bond donors (Lipinski definition) is 0. The number of carbonyl (C=O) groups is 2. The van der Waals surface area contributed by atoms with Crippen molar-refractivity contribution in [2.75, 3.05) is 24.7 Å². The van der Waals surface area contributed by atoms with Crippen molar-refractivity contribution in [2.24, 2.45) is 5.92 Å². The molecule has 2 aromatic rings. The summed E-state index contributed by atoms with van der Waals surface area (Å²) in [6.07, 6.45) is 1.13. The summed E-state index contributed by atoms with van der Waals surface area (Å²) in [6.45, 7) is 0.936. The number of hydrogen-bond acceptors (Lipinski definition) is 5. The van der Waals surface area contributed by atoms with Gasteiger partial charge in [0.15, 0.2) is 11.6 Å². The molecule has 1 atom stereocenters. The predicted molar refractivity (Wildman–Crippen MR) is 106 cm³/mol. The number of pyridine rings is 1. The third kappa shape index (κ3) is 4.03. The quantitative estimate of drug-likeness (QED) is 0.708. The highest BCUT2D eigenvalue weighted by molar-refractivity contribution is 6.06. The van der Waals surface area contributed by atoms with Crippen LogP contribution in [0.5, 0.6) is 0 Å². The van der Waals surface area contributed by atoms with Gasteiger partial charge >= 0.3 is 0 Å². The zero-order valence-corrected chi connectivity index (χ0v) is 17.1. The molecule has 3 heterocycles. The number of carbonyl (C=O) groups excluding carboxylic acids is 2. The molecule has 1 aromatic heterocycles. The fourth-order valence-corrected chi connectivity index (χ4v) is 3.80. The van der Waals surface area contributed by atoms with Crippen molar-refractivity contribution in [3.8, 4) is 6.07 Å². The van der Waals surface area contributed by atoms with Crippen molar-refractivity contribution in [2.45, 2.75) is 25.4 Å².